The van der Waals surface area contributed by atoms with Gasteiger partial charge < -0.3 is 15.8 Å². The number of methoxy groups -OCH3 is 1. The average molecular weight is 432 g/mol. The fourth-order valence-corrected chi connectivity index (χ4v) is 2.84. The fourth-order valence-electron chi connectivity index (χ4n) is 2.84. The molecular formula is C17H29IN4O. The van der Waals surface area contributed by atoms with Crippen LogP contribution in [0, 0.1) is 0 Å². The molecule has 0 aromatic heterocycles. The highest BCUT2D eigenvalue weighted by molar-refractivity contribution is 14.0. The molecule has 1 aliphatic rings. The lowest BCUT2D eigenvalue weighted by Crippen LogP contribution is -2.37. The first-order valence-electron chi connectivity index (χ1n) is 8.04. The summed E-state index contributed by atoms with van der Waals surface area (Å²) < 4.78 is 5.25. The molecule has 130 valence electrons. The summed E-state index contributed by atoms with van der Waals surface area (Å²) in [6, 6.07) is 8.86. The standard InChI is InChI=1S/C17H28N4O.HI/c1-13(2)20-17(18)19-12-16(21-10-4-5-11-21)14-6-8-15(22-3)9-7-14;/h6-9,13,16H,4-5,10-12H2,1-3H3,(H3,18,19,20);1H. The monoisotopic (exact) mass is 432 g/mol. The first-order valence-corrected chi connectivity index (χ1v) is 8.04. The second-order valence-corrected chi connectivity index (χ2v) is 6.06. The van der Waals surface area contributed by atoms with E-state index in [0.717, 1.165) is 18.8 Å². The van der Waals surface area contributed by atoms with Crippen molar-refractivity contribution in [2.45, 2.75) is 38.8 Å². The quantitative estimate of drug-likeness (QED) is 0.412. The van der Waals surface area contributed by atoms with Crippen LogP contribution >= 0.6 is 24.0 Å². The zero-order valence-electron chi connectivity index (χ0n) is 14.3. The van der Waals surface area contributed by atoms with Crippen molar-refractivity contribution in [3.8, 4) is 5.75 Å². The summed E-state index contributed by atoms with van der Waals surface area (Å²) in [5, 5.41) is 3.15. The van der Waals surface area contributed by atoms with E-state index in [-0.39, 0.29) is 30.0 Å². The minimum Gasteiger partial charge on any atom is -0.497 e. The second-order valence-electron chi connectivity index (χ2n) is 6.06. The van der Waals surface area contributed by atoms with Gasteiger partial charge in [0.1, 0.15) is 5.75 Å². The lowest BCUT2D eigenvalue weighted by atomic mass is 10.1. The highest BCUT2D eigenvalue weighted by atomic mass is 127. The lowest BCUT2D eigenvalue weighted by Gasteiger charge is -2.27. The van der Waals surface area contributed by atoms with Crippen LogP contribution in [-0.2, 0) is 0 Å². The van der Waals surface area contributed by atoms with E-state index in [4.69, 9.17) is 10.5 Å². The number of nitrogens with two attached hydrogens (primary N) is 1. The van der Waals surface area contributed by atoms with E-state index in [1.165, 1.54) is 18.4 Å². The molecule has 3 N–H and O–H groups in total. The predicted molar refractivity (Wildman–Crippen MR) is 107 cm³/mol. The summed E-state index contributed by atoms with van der Waals surface area (Å²) in [5.74, 6) is 1.40. The summed E-state index contributed by atoms with van der Waals surface area (Å²) in [6.07, 6.45) is 2.52. The van der Waals surface area contributed by atoms with Gasteiger partial charge in [0, 0.05) is 6.04 Å². The highest BCUT2D eigenvalue weighted by Crippen LogP contribution is 2.26. The first-order chi connectivity index (χ1) is 10.6. The summed E-state index contributed by atoms with van der Waals surface area (Å²) in [4.78, 5) is 7.03. The van der Waals surface area contributed by atoms with E-state index in [2.05, 4.69) is 41.2 Å². The van der Waals surface area contributed by atoms with Crippen LogP contribution in [0.25, 0.3) is 0 Å². The Morgan fingerprint density at radius 3 is 2.39 bits per heavy atom. The normalized spacial score (nSPS) is 17.0. The average Bonchev–Trinajstić information content (AvgIpc) is 3.01. The fraction of sp³-hybridized carbons (Fsp3) is 0.588. The first kappa shape index (κ1) is 20.0. The van der Waals surface area contributed by atoms with Crippen molar-refractivity contribution < 1.29 is 4.74 Å². The zero-order chi connectivity index (χ0) is 15.9. The van der Waals surface area contributed by atoms with Gasteiger partial charge in [-0.15, -0.1) is 24.0 Å². The molecule has 6 heteroatoms. The van der Waals surface area contributed by atoms with Gasteiger partial charge in [0.25, 0.3) is 0 Å². The molecular weight excluding hydrogens is 403 g/mol. The van der Waals surface area contributed by atoms with E-state index in [1.807, 2.05) is 12.1 Å². The molecule has 1 fully saturated rings. The number of benzene rings is 1. The molecule has 1 saturated heterocycles. The molecule has 1 aromatic carbocycles. The molecule has 1 aromatic rings. The third kappa shape index (κ3) is 6.18. The molecule has 23 heavy (non-hydrogen) atoms. The maximum Gasteiger partial charge on any atom is 0.188 e. The molecule has 2 rings (SSSR count). The molecule has 0 spiro atoms. The molecule has 5 nitrogen and oxygen atoms in total. The number of ether oxygens (including phenoxy) is 1. The van der Waals surface area contributed by atoms with E-state index in [0.29, 0.717) is 18.5 Å². The van der Waals surface area contributed by atoms with Crippen LogP contribution in [0.5, 0.6) is 5.75 Å². The van der Waals surface area contributed by atoms with Crippen molar-refractivity contribution in [2.75, 3.05) is 26.7 Å². The van der Waals surface area contributed by atoms with Crippen molar-refractivity contribution in [1.29, 1.82) is 0 Å². The Kier molecular flexibility index (Phi) is 8.68. The second kappa shape index (κ2) is 9.97. The number of rotatable bonds is 6. The van der Waals surface area contributed by atoms with E-state index in [9.17, 15) is 0 Å². The number of aliphatic imine (C=N–C) groups is 1. The van der Waals surface area contributed by atoms with Crippen LogP contribution in [0.15, 0.2) is 29.3 Å². The van der Waals surface area contributed by atoms with Crippen molar-refractivity contribution in [2.24, 2.45) is 10.7 Å². The van der Waals surface area contributed by atoms with Gasteiger partial charge in [0.15, 0.2) is 5.96 Å². The Hall–Kier alpha value is -1.02. The largest absolute Gasteiger partial charge is 0.497 e. The number of nitrogens with one attached hydrogen (secondary N) is 1. The smallest absolute Gasteiger partial charge is 0.188 e. The topological polar surface area (TPSA) is 62.9 Å². The number of halogens is 1. The van der Waals surface area contributed by atoms with E-state index < -0.39 is 0 Å². The predicted octanol–water partition coefficient (Wildman–Crippen LogP) is 2.76. The van der Waals surface area contributed by atoms with Crippen LogP contribution in [0.3, 0.4) is 0 Å². The summed E-state index contributed by atoms with van der Waals surface area (Å²) >= 11 is 0. The highest BCUT2D eigenvalue weighted by Gasteiger charge is 2.23. The molecule has 0 bridgehead atoms. The minimum absolute atomic E-state index is 0. The Morgan fingerprint density at radius 1 is 1.26 bits per heavy atom. The van der Waals surface area contributed by atoms with Crippen molar-refractivity contribution >= 4 is 29.9 Å². The van der Waals surface area contributed by atoms with Crippen LogP contribution in [0.2, 0.25) is 0 Å². The number of hydrogen-bond donors (Lipinski definition) is 2. The molecule has 0 amide bonds. The number of hydrogen-bond acceptors (Lipinski definition) is 3. The SMILES string of the molecule is COc1ccc(C(CN=C(N)NC(C)C)N2CCCC2)cc1.I. The Labute approximate surface area is 156 Å². The van der Waals surface area contributed by atoms with Crippen LogP contribution in [0.4, 0.5) is 0 Å². The summed E-state index contributed by atoms with van der Waals surface area (Å²) in [6.45, 7) is 7.05. The van der Waals surface area contributed by atoms with Crippen LogP contribution < -0.4 is 15.8 Å². The van der Waals surface area contributed by atoms with E-state index >= 15 is 0 Å². The summed E-state index contributed by atoms with van der Waals surface area (Å²) in [5.41, 5.74) is 7.21. The number of nitrogens with zero attached hydrogens (tertiary/aromatic N) is 2. The van der Waals surface area contributed by atoms with Gasteiger partial charge >= 0.3 is 0 Å². The van der Waals surface area contributed by atoms with Gasteiger partial charge in [-0.3, -0.25) is 9.89 Å². The Bertz CT molecular complexity index is 484. The van der Waals surface area contributed by atoms with Crippen LogP contribution in [0.1, 0.15) is 38.3 Å². The van der Waals surface area contributed by atoms with Gasteiger partial charge in [0.05, 0.1) is 19.7 Å². The zero-order valence-corrected chi connectivity index (χ0v) is 16.6. The van der Waals surface area contributed by atoms with Crippen molar-refractivity contribution in [1.82, 2.24) is 10.2 Å². The molecule has 1 atom stereocenters. The third-order valence-corrected chi connectivity index (χ3v) is 3.95. The number of guanidine groups is 1. The van der Waals surface area contributed by atoms with Gasteiger partial charge in [-0.2, -0.15) is 0 Å². The van der Waals surface area contributed by atoms with Crippen molar-refractivity contribution in [3.63, 3.8) is 0 Å². The molecule has 0 aliphatic carbocycles. The van der Waals surface area contributed by atoms with Crippen LogP contribution in [-0.4, -0.2) is 43.6 Å². The van der Waals surface area contributed by atoms with Gasteiger partial charge in [-0.1, -0.05) is 12.1 Å². The Balaban J connectivity index is 0.00000264. The maximum absolute atomic E-state index is 5.95. The number of likely N-dealkylation sites (tertiary alicyclic amines) is 1. The molecule has 0 saturated carbocycles. The summed E-state index contributed by atoms with van der Waals surface area (Å²) in [7, 11) is 1.69. The molecule has 0 radical (unpaired) electrons. The minimum atomic E-state index is 0. The molecule has 1 unspecified atom stereocenters. The van der Waals surface area contributed by atoms with Gasteiger partial charge in [-0.25, -0.2) is 0 Å². The third-order valence-electron chi connectivity index (χ3n) is 3.95. The molecule has 1 heterocycles. The van der Waals surface area contributed by atoms with Gasteiger partial charge in [0.2, 0.25) is 0 Å². The van der Waals surface area contributed by atoms with Gasteiger partial charge in [-0.05, 0) is 57.5 Å². The lowest BCUT2D eigenvalue weighted by molar-refractivity contribution is 0.251. The van der Waals surface area contributed by atoms with Crippen molar-refractivity contribution in [3.05, 3.63) is 29.8 Å². The Morgan fingerprint density at radius 2 is 1.87 bits per heavy atom. The molecule has 1 aliphatic heterocycles. The van der Waals surface area contributed by atoms with E-state index in [1.54, 1.807) is 7.11 Å². The maximum atomic E-state index is 5.95.